The molecule has 0 spiro atoms. The topological polar surface area (TPSA) is 290 Å². The Morgan fingerprint density at radius 3 is 1.25 bits per heavy atom. The summed E-state index contributed by atoms with van der Waals surface area (Å²) in [4.78, 5) is 6.01. The Kier molecular flexibility index (Phi) is 35.6. The largest absolute Gasteiger partial charge is 0.395 e. The zero-order valence-electron chi connectivity index (χ0n) is 66.5. The summed E-state index contributed by atoms with van der Waals surface area (Å²) in [6.07, 6.45) is 5.23. The predicted octanol–water partition coefficient (Wildman–Crippen LogP) is 10.6. The van der Waals surface area contributed by atoms with E-state index in [4.69, 9.17) is 9.47 Å². The average molecular weight is 1580 g/mol. The second-order valence-corrected chi connectivity index (χ2v) is 41.7. The Morgan fingerprint density at radius 2 is 0.887 bits per heavy atom. The molecule has 5 aromatic carbocycles. The number of hydrogen-bond acceptors (Lipinski definition) is 17. The molecule has 0 amide bonds. The van der Waals surface area contributed by atoms with Crippen LogP contribution in [0.15, 0.2) is 158 Å². The SMILES string of the molecule is C=CCN(C)S(=O)(=O)c1ccc(C(C)(C)C)cc1.CC(C)(C)c1ccc(S(=O)(=O)N2CCCCC2CO)cc1.CC(C)(C)c1ccc(S(=O)(=O)NCCCN2CCOCC2)cc1.CCC(CO)(CO)NS(=O)(=O)c1ccc(C(C)(C)C)cc1.COCCN1CCN(S(=O)(=O)c2ccc(C(C)(C)C)cc2)CC1. The van der Waals surface area contributed by atoms with Crippen LogP contribution in [0.4, 0.5) is 0 Å². The summed E-state index contributed by atoms with van der Waals surface area (Å²) in [5.74, 6) is 0. The fraction of sp³-hybridized carbons (Fsp3) is 0.595. The van der Waals surface area contributed by atoms with Crippen molar-refractivity contribution in [2.45, 2.75) is 206 Å². The molecular formula is C79H127N7O15S5. The highest BCUT2D eigenvalue weighted by molar-refractivity contribution is 7.90. The van der Waals surface area contributed by atoms with Crippen molar-refractivity contribution in [1.29, 1.82) is 0 Å². The van der Waals surface area contributed by atoms with Crippen LogP contribution in [0.5, 0.6) is 0 Å². The first-order chi connectivity index (χ1) is 49.1. The number of nitrogens with one attached hydrogen (secondary N) is 2. The van der Waals surface area contributed by atoms with Gasteiger partial charge in [0, 0.05) is 85.6 Å². The standard InChI is InChI=1S/2C17H28N2O3S.C16H25NO3S.C15H25NO4S.C14H21NO2S/c1-17(2,3)15-5-7-16(8-6-15)23(20,21)19-11-9-18(10-12-19)13-14-22-4;1-17(2,3)15-5-7-16(8-6-15)23(20,21)18-9-4-10-19-11-13-22-14-12-19;1-16(2,3)13-7-9-15(10-8-13)21(19,20)17-11-5-4-6-14(17)12-18;1-5-15(10-17,11-18)16-21(19,20)13-8-6-12(7-9-13)14(2,3)4;1-6-11-15(5)18(16,17)13-9-7-12(8-10-13)14(2,3)4/h5-8H,9-14H2,1-4H3;5-8,18H,4,9-14H2,1-3H3;7-10,14,18H,4-6,11-12H2,1-3H3;6-9,16-18H,5,10-11H2,1-4H3;6-10H,1,11H2,2-5H3. The molecule has 0 aromatic heterocycles. The summed E-state index contributed by atoms with van der Waals surface area (Å²) in [5.41, 5.74) is 4.31. The number of benzene rings is 5. The van der Waals surface area contributed by atoms with E-state index >= 15 is 0 Å². The molecule has 106 heavy (non-hydrogen) atoms. The molecule has 1 unspecified atom stereocenters. The van der Waals surface area contributed by atoms with Crippen LogP contribution in [0.1, 0.15) is 171 Å². The Balaban J connectivity index is 0.000000281. The van der Waals surface area contributed by atoms with E-state index in [0.717, 1.165) is 106 Å². The van der Waals surface area contributed by atoms with Crippen LogP contribution >= 0.6 is 0 Å². The lowest BCUT2D eigenvalue weighted by Gasteiger charge is -2.33. The number of piperazine rings is 1. The zero-order valence-corrected chi connectivity index (χ0v) is 70.6. The van der Waals surface area contributed by atoms with Crippen molar-refractivity contribution >= 4 is 50.1 Å². The molecule has 3 heterocycles. The fourth-order valence-electron chi connectivity index (χ4n) is 11.5. The highest BCUT2D eigenvalue weighted by Gasteiger charge is 2.36. The molecule has 5 aromatic rings. The van der Waals surface area contributed by atoms with Crippen LogP contribution in [0, 0.1) is 0 Å². The minimum atomic E-state index is -3.79. The van der Waals surface area contributed by atoms with Gasteiger partial charge in [-0.3, -0.25) is 9.80 Å². The van der Waals surface area contributed by atoms with Crippen molar-refractivity contribution in [3.63, 3.8) is 0 Å². The van der Waals surface area contributed by atoms with E-state index in [-0.39, 0.29) is 44.6 Å². The van der Waals surface area contributed by atoms with E-state index in [2.05, 4.69) is 109 Å². The third-order valence-corrected chi connectivity index (χ3v) is 27.8. The number of rotatable bonds is 24. The minimum absolute atomic E-state index is 0.00104. The second kappa shape index (κ2) is 40.4. The van der Waals surface area contributed by atoms with Crippen molar-refractivity contribution in [3.05, 3.63) is 162 Å². The van der Waals surface area contributed by atoms with Crippen LogP contribution in [0.3, 0.4) is 0 Å². The molecule has 0 radical (unpaired) electrons. The Bertz CT molecular complexity index is 4050. The molecule has 3 fully saturated rings. The van der Waals surface area contributed by atoms with Crippen molar-refractivity contribution in [2.75, 3.05) is 126 Å². The molecule has 5 N–H and O–H groups in total. The van der Waals surface area contributed by atoms with Crippen molar-refractivity contribution < 1.29 is 66.9 Å². The molecule has 0 saturated carbocycles. The molecule has 1 atom stereocenters. The molecule has 0 bridgehead atoms. The number of hydrogen-bond donors (Lipinski definition) is 5. The maximum absolute atomic E-state index is 12.8. The lowest BCUT2D eigenvalue weighted by Crippen LogP contribution is -2.53. The third-order valence-electron chi connectivity index (χ3n) is 19.0. The summed E-state index contributed by atoms with van der Waals surface area (Å²) in [6.45, 7) is 45.3. The van der Waals surface area contributed by atoms with E-state index < -0.39 is 68.9 Å². The number of sulfonamides is 5. The molecular weight excluding hydrogens is 1450 g/mol. The summed E-state index contributed by atoms with van der Waals surface area (Å²) >= 11 is 0. The molecule has 22 nitrogen and oxygen atoms in total. The Morgan fingerprint density at radius 1 is 0.509 bits per heavy atom. The molecule has 3 saturated heterocycles. The lowest BCUT2D eigenvalue weighted by atomic mass is 9.87. The molecule has 598 valence electrons. The normalized spacial score (nSPS) is 16.8. The van der Waals surface area contributed by atoms with Gasteiger partial charge < -0.3 is 24.8 Å². The molecule has 3 aliphatic heterocycles. The number of piperidine rings is 1. The minimum Gasteiger partial charge on any atom is -0.395 e. The quantitative estimate of drug-likeness (QED) is 0.0283. The van der Waals surface area contributed by atoms with Gasteiger partial charge >= 0.3 is 0 Å². The first kappa shape index (κ1) is 93.5. The smallest absolute Gasteiger partial charge is 0.243 e. The van der Waals surface area contributed by atoms with Gasteiger partial charge in [0.15, 0.2) is 0 Å². The number of likely N-dealkylation sites (N-methyl/N-ethyl adjacent to an activating group) is 1. The van der Waals surface area contributed by atoms with Gasteiger partial charge in [-0.15, -0.1) is 6.58 Å². The third kappa shape index (κ3) is 28.1. The number of aliphatic hydroxyl groups is 3. The maximum atomic E-state index is 12.8. The van der Waals surface area contributed by atoms with Crippen LogP contribution in [-0.2, 0) is 86.7 Å². The molecule has 3 aliphatic rings. The van der Waals surface area contributed by atoms with E-state index in [1.807, 2.05) is 69.3 Å². The Hall–Kier alpha value is -4.89. The number of ether oxygens (including phenoxy) is 2. The van der Waals surface area contributed by atoms with Crippen LogP contribution in [0.2, 0.25) is 0 Å². The summed E-state index contributed by atoms with van der Waals surface area (Å²) in [6, 6.07) is 35.0. The van der Waals surface area contributed by atoms with Gasteiger partial charge in [-0.25, -0.2) is 51.5 Å². The van der Waals surface area contributed by atoms with Crippen LogP contribution in [0.25, 0.3) is 0 Å². The second-order valence-electron chi connectivity index (χ2n) is 32.4. The molecule has 27 heteroatoms. The highest BCUT2D eigenvalue weighted by Crippen LogP contribution is 2.31. The summed E-state index contributed by atoms with van der Waals surface area (Å²) in [7, 11) is -14.3. The number of methoxy groups -OCH3 is 1. The fourth-order valence-corrected chi connectivity index (χ4v) is 18.2. The summed E-state index contributed by atoms with van der Waals surface area (Å²) in [5, 5.41) is 28.1. The lowest BCUT2D eigenvalue weighted by molar-refractivity contribution is 0.0376. The summed E-state index contributed by atoms with van der Waals surface area (Å²) < 4.78 is 144. The first-order valence-corrected chi connectivity index (χ1v) is 43.9. The van der Waals surface area contributed by atoms with Crippen molar-refractivity contribution in [2.24, 2.45) is 0 Å². The van der Waals surface area contributed by atoms with Gasteiger partial charge in [0.05, 0.1) is 69.7 Å². The predicted molar refractivity (Wildman–Crippen MR) is 426 cm³/mol. The monoisotopic (exact) mass is 1570 g/mol. The molecule has 0 aliphatic carbocycles. The van der Waals surface area contributed by atoms with Gasteiger partial charge in [-0.1, -0.05) is 184 Å². The van der Waals surface area contributed by atoms with Gasteiger partial charge in [0.1, 0.15) is 0 Å². The first-order valence-electron chi connectivity index (χ1n) is 36.6. The van der Waals surface area contributed by atoms with Gasteiger partial charge in [-0.2, -0.15) is 12.9 Å². The van der Waals surface area contributed by atoms with Gasteiger partial charge in [0.25, 0.3) is 0 Å². The average Bonchev–Trinajstić information content (AvgIpc) is 0.783. The van der Waals surface area contributed by atoms with E-state index in [1.165, 1.54) is 20.7 Å². The number of morpholine rings is 1. The Labute approximate surface area is 638 Å². The molecule has 8 rings (SSSR count). The van der Waals surface area contributed by atoms with Crippen molar-refractivity contribution in [3.8, 4) is 0 Å². The van der Waals surface area contributed by atoms with Gasteiger partial charge in [-0.05, 0) is 148 Å². The van der Waals surface area contributed by atoms with E-state index in [9.17, 15) is 57.4 Å². The van der Waals surface area contributed by atoms with Crippen LogP contribution < -0.4 is 9.44 Å². The number of nitrogens with zero attached hydrogens (tertiary/aromatic N) is 5. The van der Waals surface area contributed by atoms with E-state index in [1.54, 1.807) is 92.1 Å². The maximum Gasteiger partial charge on any atom is 0.243 e. The van der Waals surface area contributed by atoms with Gasteiger partial charge in [0.2, 0.25) is 50.1 Å². The highest BCUT2D eigenvalue weighted by atomic mass is 32.2. The van der Waals surface area contributed by atoms with E-state index in [0.29, 0.717) is 65.3 Å². The van der Waals surface area contributed by atoms with Crippen molar-refractivity contribution in [1.82, 2.24) is 32.2 Å². The zero-order chi connectivity index (χ0) is 80.0. The number of aliphatic hydroxyl groups excluding tert-OH is 3. The van der Waals surface area contributed by atoms with Crippen LogP contribution in [-0.4, -0.2) is 217 Å².